The molecule has 0 aromatic carbocycles. The third kappa shape index (κ3) is 7.12. The largest absolute Gasteiger partial charge is 0.444 e. The number of primary amides is 1. The van der Waals surface area contributed by atoms with E-state index in [2.05, 4.69) is 39.2 Å². The second kappa shape index (κ2) is 11.7. The van der Waals surface area contributed by atoms with Crippen molar-refractivity contribution >= 4 is 29.4 Å². The average Bonchev–Trinajstić information content (AvgIpc) is 3.29. The molecule has 3 heterocycles. The normalized spacial score (nSPS) is 30.9. The van der Waals surface area contributed by atoms with E-state index in [4.69, 9.17) is 22.1 Å². The molecule has 0 spiro atoms. The lowest BCUT2D eigenvalue weighted by Gasteiger charge is -2.41. The smallest absolute Gasteiger partial charge is 0.410 e. The molecule has 38 heavy (non-hydrogen) atoms. The minimum Gasteiger partial charge on any atom is -0.444 e. The Hall–Kier alpha value is -2.50. The first-order chi connectivity index (χ1) is 17.9. The second-order valence-corrected chi connectivity index (χ2v) is 12.2. The zero-order chi connectivity index (χ0) is 27.6. The Morgan fingerprint density at radius 3 is 2.53 bits per heavy atom. The highest BCUT2D eigenvalue weighted by Gasteiger charge is 2.36. The maximum Gasteiger partial charge on any atom is 0.410 e. The predicted molar refractivity (Wildman–Crippen MR) is 144 cm³/mol. The van der Waals surface area contributed by atoms with Crippen LogP contribution in [0.15, 0.2) is 23.3 Å². The van der Waals surface area contributed by atoms with Crippen molar-refractivity contribution in [2.24, 2.45) is 11.7 Å². The number of hydrogen-bond acceptors (Lipinski definition) is 9. The molecule has 0 bridgehead atoms. The van der Waals surface area contributed by atoms with Crippen molar-refractivity contribution < 1.29 is 19.1 Å². The molecule has 2 saturated heterocycles. The lowest BCUT2D eigenvalue weighted by Crippen LogP contribution is -2.62. The van der Waals surface area contributed by atoms with Crippen molar-refractivity contribution in [1.29, 1.82) is 0 Å². The molecule has 0 radical (unpaired) electrons. The van der Waals surface area contributed by atoms with Crippen LogP contribution >= 0.6 is 11.6 Å². The average molecular weight is 552 g/mol. The lowest BCUT2D eigenvalue weighted by molar-refractivity contribution is -0.122. The summed E-state index contributed by atoms with van der Waals surface area (Å²) in [5.41, 5.74) is 5.69. The number of alkyl halides is 1. The summed E-state index contributed by atoms with van der Waals surface area (Å²) < 4.78 is 5.49. The summed E-state index contributed by atoms with van der Waals surface area (Å²) in [6.07, 6.45) is 5.12. The van der Waals surface area contributed by atoms with Crippen LogP contribution in [0.1, 0.15) is 59.8 Å². The van der Waals surface area contributed by atoms with E-state index < -0.39 is 23.2 Å². The lowest BCUT2D eigenvalue weighted by atomic mass is 9.86. The molecule has 4 aliphatic rings. The van der Waals surface area contributed by atoms with Gasteiger partial charge < -0.3 is 31.3 Å². The number of nitrogens with zero attached hydrogens (tertiary/aromatic N) is 2. The minimum atomic E-state index is -0.635. The topological polar surface area (TPSA) is 141 Å². The summed E-state index contributed by atoms with van der Waals surface area (Å²) in [4.78, 5) is 40.4. The second-order valence-electron chi connectivity index (χ2n) is 11.8. The third-order valence-electron chi connectivity index (χ3n) is 7.54. The van der Waals surface area contributed by atoms with Crippen molar-refractivity contribution in [2.75, 3.05) is 26.2 Å². The highest BCUT2D eigenvalue weighted by atomic mass is 35.5. The number of carbonyl (C=O) groups is 3. The summed E-state index contributed by atoms with van der Waals surface area (Å²) in [7, 11) is 0. The van der Waals surface area contributed by atoms with E-state index in [9.17, 15) is 14.4 Å². The van der Waals surface area contributed by atoms with E-state index >= 15 is 0 Å². The molecule has 11 nitrogen and oxygen atoms in total. The maximum atomic E-state index is 12.4. The van der Waals surface area contributed by atoms with Gasteiger partial charge in [0.05, 0.1) is 0 Å². The summed E-state index contributed by atoms with van der Waals surface area (Å²) in [6.45, 7) is 10.5. The molecular weight excluding hydrogens is 510 g/mol. The zero-order valence-electron chi connectivity index (χ0n) is 22.8. The molecule has 6 N–H and O–H groups in total. The SMILES string of the molecule is CC1CC(NC2=C(C(N)=O)NC(Cl)C(N[C@@H]3CCN(C(=O)OC(C)(C)C)C3)N2)=CCC1N1CCC(=O)CC1. The first-order valence-electron chi connectivity index (χ1n) is 13.6. The number of ketones is 1. The number of halogens is 1. The first kappa shape index (κ1) is 28.5. The molecule has 0 aromatic heterocycles. The van der Waals surface area contributed by atoms with Crippen molar-refractivity contribution in [3.05, 3.63) is 23.3 Å². The van der Waals surface area contributed by atoms with Crippen LogP contribution < -0.4 is 27.0 Å². The molecule has 4 rings (SSSR count). The van der Waals surface area contributed by atoms with Gasteiger partial charge in [-0.3, -0.25) is 19.8 Å². The fraction of sp³-hybridized carbons (Fsp3) is 0.731. The van der Waals surface area contributed by atoms with Crippen LogP contribution in [0.2, 0.25) is 0 Å². The fourth-order valence-corrected chi connectivity index (χ4v) is 5.84. The first-order valence-corrected chi connectivity index (χ1v) is 14.0. The molecule has 212 valence electrons. The number of carbonyl (C=O) groups excluding carboxylic acids is 3. The van der Waals surface area contributed by atoms with E-state index in [1.807, 2.05) is 20.8 Å². The van der Waals surface area contributed by atoms with Gasteiger partial charge in [-0.05, 0) is 46.0 Å². The van der Waals surface area contributed by atoms with E-state index in [-0.39, 0.29) is 17.8 Å². The van der Waals surface area contributed by atoms with Gasteiger partial charge in [0.2, 0.25) is 0 Å². The Balaban J connectivity index is 1.37. The molecule has 12 heteroatoms. The molecule has 1 aliphatic carbocycles. The number of Topliss-reactive ketones (excluding diaryl/α,β-unsaturated/α-hetero) is 1. The molecule has 2 amide bonds. The number of allylic oxidation sites excluding steroid dienone is 1. The fourth-order valence-electron chi connectivity index (χ4n) is 5.59. The van der Waals surface area contributed by atoms with E-state index in [0.29, 0.717) is 49.5 Å². The number of likely N-dealkylation sites (tertiary alicyclic amines) is 2. The number of rotatable bonds is 6. The molecule has 0 aromatic rings. The molecular formula is C26H42ClN7O4. The van der Waals surface area contributed by atoms with E-state index in [1.54, 1.807) is 4.90 Å². The van der Waals surface area contributed by atoms with Crippen molar-refractivity contribution in [3.8, 4) is 0 Å². The number of ether oxygens (including phenoxy) is 1. The highest BCUT2D eigenvalue weighted by Crippen LogP contribution is 2.29. The van der Waals surface area contributed by atoms with E-state index in [1.165, 1.54) is 0 Å². The van der Waals surface area contributed by atoms with Gasteiger partial charge in [0.1, 0.15) is 34.6 Å². The number of amides is 2. The van der Waals surface area contributed by atoms with Gasteiger partial charge in [0, 0.05) is 56.8 Å². The molecule has 5 atom stereocenters. The van der Waals surface area contributed by atoms with Gasteiger partial charge in [0.25, 0.3) is 5.91 Å². The third-order valence-corrected chi connectivity index (χ3v) is 7.90. The molecule has 2 fully saturated rings. The Bertz CT molecular complexity index is 985. The number of hydrogen-bond donors (Lipinski definition) is 5. The van der Waals surface area contributed by atoms with Gasteiger partial charge in [-0.1, -0.05) is 24.6 Å². The number of nitrogens with one attached hydrogen (secondary N) is 4. The van der Waals surface area contributed by atoms with Gasteiger partial charge >= 0.3 is 6.09 Å². The molecule has 3 aliphatic heterocycles. The van der Waals surface area contributed by atoms with E-state index in [0.717, 1.165) is 38.0 Å². The van der Waals surface area contributed by atoms with Gasteiger partial charge in [-0.15, -0.1) is 0 Å². The number of nitrogens with two attached hydrogens (primary N) is 1. The standard InChI is InChI=1S/C26H42ClN7O4/c1-15-13-16(5-6-19(15)33-11-8-18(35)9-12-33)29-23-20(22(28)36)31-21(27)24(32-23)30-17-7-10-34(14-17)25(37)38-26(2,3)4/h5,15,17,19,21,24,29-32H,6-14H2,1-4H3,(H2,28,36)/t15?,17-,19?,21?,24?/m1/s1. The zero-order valence-corrected chi connectivity index (χ0v) is 23.6. The highest BCUT2D eigenvalue weighted by molar-refractivity contribution is 6.21. The van der Waals surface area contributed by atoms with Crippen LogP contribution in [-0.2, 0) is 14.3 Å². The summed E-state index contributed by atoms with van der Waals surface area (Å²) >= 11 is 6.58. The van der Waals surface area contributed by atoms with Crippen LogP contribution in [0.4, 0.5) is 4.79 Å². The Labute approximate surface area is 229 Å². The van der Waals surface area contributed by atoms with Crippen LogP contribution in [0.25, 0.3) is 0 Å². The maximum absolute atomic E-state index is 12.4. The molecule has 4 unspecified atom stereocenters. The van der Waals surface area contributed by atoms with Crippen LogP contribution in [-0.4, -0.2) is 83.1 Å². The van der Waals surface area contributed by atoms with Gasteiger partial charge in [-0.25, -0.2) is 4.79 Å². The van der Waals surface area contributed by atoms with Crippen molar-refractivity contribution in [2.45, 2.75) is 89.2 Å². The van der Waals surface area contributed by atoms with Crippen LogP contribution in [0, 0.1) is 5.92 Å². The molecule has 0 saturated carbocycles. The van der Waals surface area contributed by atoms with Crippen molar-refractivity contribution in [1.82, 2.24) is 31.1 Å². The van der Waals surface area contributed by atoms with Gasteiger partial charge in [-0.2, -0.15) is 0 Å². The van der Waals surface area contributed by atoms with Crippen LogP contribution in [0.5, 0.6) is 0 Å². The summed E-state index contributed by atoms with van der Waals surface area (Å²) in [6, 6.07) is 0.401. The summed E-state index contributed by atoms with van der Waals surface area (Å²) in [5.74, 6) is 0.605. The Morgan fingerprint density at radius 2 is 1.89 bits per heavy atom. The van der Waals surface area contributed by atoms with Crippen molar-refractivity contribution in [3.63, 3.8) is 0 Å². The Kier molecular flexibility index (Phi) is 8.78. The van der Waals surface area contributed by atoms with Crippen LogP contribution in [0.3, 0.4) is 0 Å². The summed E-state index contributed by atoms with van der Waals surface area (Å²) in [5, 5.41) is 13.2. The Morgan fingerprint density at radius 1 is 1.18 bits per heavy atom. The van der Waals surface area contributed by atoms with Gasteiger partial charge in [0.15, 0.2) is 0 Å². The minimum absolute atomic E-state index is 0.00514. The monoisotopic (exact) mass is 551 g/mol. The predicted octanol–water partition coefficient (Wildman–Crippen LogP) is 1.26. The quantitative estimate of drug-likeness (QED) is 0.244. The number of piperidine rings is 1.